The van der Waals surface area contributed by atoms with E-state index in [0.29, 0.717) is 11.4 Å². The summed E-state index contributed by atoms with van der Waals surface area (Å²) >= 11 is 1.36. The summed E-state index contributed by atoms with van der Waals surface area (Å²) in [7, 11) is 0. The van der Waals surface area contributed by atoms with E-state index in [4.69, 9.17) is 0 Å². The zero-order valence-corrected chi connectivity index (χ0v) is 14.8. The van der Waals surface area contributed by atoms with E-state index >= 15 is 0 Å². The lowest BCUT2D eigenvalue weighted by atomic mass is 10.1. The molecular formula is C20H17FN2OS. The van der Waals surface area contributed by atoms with E-state index in [1.807, 2.05) is 44.2 Å². The molecule has 0 aliphatic heterocycles. The monoisotopic (exact) mass is 352 g/mol. The molecule has 25 heavy (non-hydrogen) atoms. The van der Waals surface area contributed by atoms with Gasteiger partial charge >= 0.3 is 0 Å². The van der Waals surface area contributed by atoms with Gasteiger partial charge in [0.05, 0.1) is 5.75 Å². The third-order valence-corrected chi connectivity index (χ3v) is 4.57. The summed E-state index contributed by atoms with van der Waals surface area (Å²) in [5.74, 6) is 0.489. The SMILES string of the molecule is Cc1ccc(-c2nc(C)cc(SCC(=O)c3ccc(F)cc3)n2)cc1. The summed E-state index contributed by atoms with van der Waals surface area (Å²) < 4.78 is 12.9. The number of carbonyl (C=O) groups excluding carboxylic acids is 1. The molecule has 0 aliphatic rings. The van der Waals surface area contributed by atoms with Crippen molar-refractivity contribution in [2.45, 2.75) is 18.9 Å². The van der Waals surface area contributed by atoms with Gasteiger partial charge in [0.25, 0.3) is 0 Å². The summed E-state index contributed by atoms with van der Waals surface area (Å²) in [6, 6.07) is 15.5. The first kappa shape index (κ1) is 17.3. The Morgan fingerprint density at radius 3 is 2.36 bits per heavy atom. The molecule has 0 amide bonds. The number of thioether (sulfide) groups is 1. The number of nitrogens with zero attached hydrogens (tertiary/aromatic N) is 2. The highest BCUT2D eigenvalue weighted by Gasteiger charge is 2.10. The van der Waals surface area contributed by atoms with E-state index in [1.165, 1.54) is 41.6 Å². The highest BCUT2D eigenvalue weighted by atomic mass is 32.2. The average molecular weight is 352 g/mol. The number of aryl methyl sites for hydroxylation is 2. The fourth-order valence-electron chi connectivity index (χ4n) is 2.30. The molecular weight excluding hydrogens is 335 g/mol. The number of hydrogen-bond acceptors (Lipinski definition) is 4. The second kappa shape index (κ2) is 7.57. The van der Waals surface area contributed by atoms with Gasteiger partial charge in [0, 0.05) is 16.8 Å². The molecule has 1 aromatic heterocycles. The smallest absolute Gasteiger partial charge is 0.173 e. The van der Waals surface area contributed by atoms with Crippen LogP contribution >= 0.6 is 11.8 Å². The van der Waals surface area contributed by atoms with Crippen LogP contribution in [0.25, 0.3) is 11.4 Å². The van der Waals surface area contributed by atoms with Gasteiger partial charge in [-0.3, -0.25) is 4.79 Å². The molecule has 0 saturated heterocycles. The van der Waals surface area contributed by atoms with Gasteiger partial charge in [0.2, 0.25) is 0 Å². The first-order chi connectivity index (χ1) is 12.0. The van der Waals surface area contributed by atoms with Gasteiger partial charge in [-0.25, -0.2) is 14.4 Å². The zero-order chi connectivity index (χ0) is 17.8. The lowest BCUT2D eigenvalue weighted by molar-refractivity contribution is 0.102. The maximum Gasteiger partial charge on any atom is 0.173 e. The maximum absolute atomic E-state index is 12.9. The molecule has 0 aliphatic carbocycles. The van der Waals surface area contributed by atoms with Crippen molar-refractivity contribution in [3.8, 4) is 11.4 Å². The number of Topliss-reactive ketones (excluding diaryl/α,β-unsaturated/α-hetero) is 1. The maximum atomic E-state index is 12.9. The lowest BCUT2D eigenvalue weighted by Gasteiger charge is -2.06. The molecule has 0 bridgehead atoms. The minimum atomic E-state index is -0.349. The molecule has 3 rings (SSSR count). The van der Waals surface area contributed by atoms with E-state index in [9.17, 15) is 9.18 Å². The van der Waals surface area contributed by atoms with Gasteiger partial charge in [-0.05, 0) is 44.2 Å². The van der Waals surface area contributed by atoms with E-state index < -0.39 is 0 Å². The first-order valence-corrected chi connectivity index (χ1v) is 8.84. The molecule has 0 spiro atoms. The van der Waals surface area contributed by atoms with Crippen LogP contribution in [-0.2, 0) is 0 Å². The van der Waals surface area contributed by atoms with Crippen molar-refractivity contribution in [2.75, 3.05) is 5.75 Å². The quantitative estimate of drug-likeness (QED) is 0.373. The van der Waals surface area contributed by atoms with Crippen LogP contribution in [-0.4, -0.2) is 21.5 Å². The topological polar surface area (TPSA) is 42.9 Å². The minimum Gasteiger partial charge on any atom is -0.293 e. The van der Waals surface area contributed by atoms with Crippen LogP contribution in [0.1, 0.15) is 21.6 Å². The summed E-state index contributed by atoms with van der Waals surface area (Å²) in [6.45, 7) is 3.94. The molecule has 3 aromatic rings. The summed E-state index contributed by atoms with van der Waals surface area (Å²) in [5.41, 5.74) is 3.47. The molecule has 0 N–H and O–H groups in total. The van der Waals surface area contributed by atoms with Crippen LogP contribution in [0.2, 0.25) is 0 Å². The lowest BCUT2D eigenvalue weighted by Crippen LogP contribution is -2.03. The number of benzene rings is 2. The molecule has 0 atom stereocenters. The fourth-order valence-corrected chi connectivity index (χ4v) is 3.15. The van der Waals surface area contributed by atoms with E-state index in [-0.39, 0.29) is 17.4 Å². The van der Waals surface area contributed by atoms with E-state index in [1.54, 1.807) is 0 Å². The Morgan fingerprint density at radius 2 is 1.68 bits per heavy atom. The summed E-state index contributed by atoms with van der Waals surface area (Å²) in [4.78, 5) is 21.3. The predicted octanol–water partition coefficient (Wildman–Crippen LogP) is 4.87. The Morgan fingerprint density at radius 1 is 1.00 bits per heavy atom. The Bertz CT molecular complexity index is 893. The normalized spacial score (nSPS) is 10.7. The Balaban J connectivity index is 1.75. The molecule has 2 aromatic carbocycles. The molecule has 5 heteroatoms. The highest BCUT2D eigenvalue weighted by Crippen LogP contribution is 2.22. The first-order valence-electron chi connectivity index (χ1n) is 7.85. The van der Waals surface area contributed by atoms with Crippen LogP contribution in [0.4, 0.5) is 4.39 Å². The van der Waals surface area contributed by atoms with E-state index in [2.05, 4.69) is 9.97 Å². The van der Waals surface area contributed by atoms with Crippen molar-refractivity contribution in [3.63, 3.8) is 0 Å². The van der Waals surface area contributed by atoms with Gasteiger partial charge in [-0.15, -0.1) is 0 Å². The minimum absolute atomic E-state index is 0.0573. The summed E-state index contributed by atoms with van der Waals surface area (Å²) in [6.07, 6.45) is 0. The standard InChI is InChI=1S/C20H17FN2OS/c1-13-3-5-16(6-4-13)20-22-14(2)11-19(23-20)25-12-18(24)15-7-9-17(21)10-8-15/h3-11H,12H2,1-2H3. The third-order valence-electron chi connectivity index (χ3n) is 3.66. The number of aromatic nitrogens is 2. The number of ketones is 1. The molecule has 126 valence electrons. The van der Waals surface area contributed by atoms with Crippen LogP contribution < -0.4 is 0 Å². The largest absolute Gasteiger partial charge is 0.293 e. The van der Waals surface area contributed by atoms with Crippen LogP contribution in [0, 0.1) is 19.7 Å². The van der Waals surface area contributed by atoms with Gasteiger partial charge in [0.15, 0.2) is 11.6 Å². The fraction of sp³-hybridized carbons (Fsp3) is 0.150. The van der Waals surface area contributed by atoms with Gasteiger partial charge in [-0.1, -0.05) is 41.6 Å². The van der Waals surface area contributed by atoms with Crippen molar-refractivity contribution < 1.29 is 9.18 Å². The number of hydrogen-bond donors (Lipinski definition) is 0. The predicted molar refractivity (Wildman–Crippen MR) is 98.4 cm³/mol. The Labute approximate surface area is 150 Å². The van der Waals surface area contributed by atoms with Crippen molar-refractivity contribution in [3.05, 3.63) is 77.2 Å². The molecule has 3 nitrogen and oxygen atoms in total. The van der Waals surface area contributed by atoms with Crippen molar-refractivity contribution >= 4 is 17.5 Å². The van der Waals surface area contributed by atoms with Gasteiger partial charge in [0.1, 0.15) is 10.8 Å². The molecule has 1 heterocycles. The third kappa shape index (κ3) is 4.51. The van der Waals surface area contributed by atoms with Crippen LogP contribution in [0.15, 0.2) is 59.6 Å². The average Bonchev–Trinajstić information content (AvgIpc) is 2.60. The molecule has 0 radical (unpaired) electrons. The van der Waals surface area contributed by atoms with Gasteiger partial charge in [-0.2, -0.15) is 0 Å². The highest BCUT2D eigenvalue weighted by molar-refractivity contribution is 7.99. The molecule has 0 fully saturated rings. The number of rotatable bonds is 5. The van der Waals surface area contributed by atoms with Crippen LogP contribution in [0.3, 0.4) is 0 Å². The zero-order valence-electron chi connectivity index (χ0n) is 14.0. The second-order valence-corrected chi connectivity index (χ2v) is 6.75. The van der Waals surface area contributed by atoms with Crippen LogP contribution in [0.5, 0.6) is 0 Å². The van der Waals surface area contributed by atoms with Crippen molar-refractivity contribution in [1.82, 2.24) is 9.97 Å². The Kier molecular flexibility index (Phi) is 5.24. The van der Waals surface area contributed by atoms with Gasteiger partial charge < -0.3 is 0 Å². The van der Waals surface area contributed by atoms with Crippen molar-refractivity contribution in [1.29, 1.82) is 0 Å². The molecule has 0 saturated carbocycles. The Hall–Kier alpha value is -2.53. The second-order valence-electron chi connectivity index (χ2n) is 5.76. The number of carbonyl (C=O) groups is 1. The van der Waals surface area contributed by atoms with Crippen molar-refractivity contribution in [2.24, 2.45) is 0 Å². The number of halogens is 1. The molecule has 0 unspecified atom stereocenters. The summed E-state index contributed by atoms with van der Waals surface area (Å²) in [5, 5.41) is 0.749. The van der Waals surface area contributed by atoms with E-state index in [0.717, 1.165) is 16.3 Å².